The first-order valence-corrected chi connectivity index (χ1v) is 6.52. The molecule has 0 radical (unpaired) electrons. The highest BCUT2D eigenvalue weighted by Gasteiger charge is 2.11. The minimum Gasteiger partial charge on any atom is -0.493 e. The summed E-state index contributed by atoms with van der Waals surface area (Å²) in [7, 11) is 3.13. The van der Waals surface area contributed by atoms with Gasteiger partial charge >= 0.3 is 0 Å². The van der Waals surface area contributed by atoms with E-state index in [0.717, 1.165) is 5.56 Å². The molecule has 0 aliphatic carbocycles. The fourth-order valence-corrected chi connectivity index (χ4v) is 1.73. The van der Waals surface area contributed by atoms with Crippen LogP contribution in [0.5, 0.6) is 11.5 Å². The van der Waals surface area contributed by atoms with E-state index in [9.17, 15) is 5.11 Å². The Morgan fingerprint density at radius 3 is 2.55 bits per heavy atom. The molecule has 0 aromatic heterocycles. The van der Waals surface area contributed by atoms with E-state index in [2.05, 4.69) is 5.32 Å². The van der Waals surface area contributed by atoms with Gasteiger partial charge in [0, 0.05) is 13.1 Å². The molecule has 0 aliphatic heterocycles. The Kier molecular flexibility index (Phi) is 7.98. The maximum absolute atomic E-state index is 10.1. The number of ether oxygens (including phenoxy) is 3. The first-order chi connectivity index (χ1) is 9.72. The predicted molar refractivity (Wildman–Crippen MR) is 75.3 cm³/mol. The van der Waals surface area contributed by atoms with Crippen molar-refractivity contribution in [3.63, 3.8) is 0 Å². The molecule has 1 aromatic carbocycles. The lowest BCUT2D eigenvalue weighted by Gasteiger charge is -2.15. The maximum atomic E-state index is 10.1. The molecule has 1 unspecified atom stereocenters. The highest BCUT2D eigenvalue weighted by Crippen LogP contribution is 2.29. The first-order valence-electron chi connectivity index (χ1n) is 6.52. The van der Waals surface area contributed by atoms with Gasteiger partial charge in [-0.3, -0.25) is 0 Å². The average Bonchev–Trinajstić information content (AvgIpc) is 2.49. The van der Waals surface area contributed by atoms with Crippen molar-refractivity contribution in [2.45, 2.75) is 6.10 Å². The second-order valence-electron chi connectivity index (χ2n) is 4.17. The Bertz CT molecular complexity index is 386. The van der Waals surface area contributed by atoms with Crippen molar-refractivity contribution in [2.75, 3.05) is 47.1 Å². The van der Waals surface area contributed by atoms with Gasteiger partial charge in [0.05, 0.1) is 40.1 Å². The summed E-state index contributed by atoms with van der Waals surface area (Å²) in [6.45, 7) is 1.88. The van der Waals surface area contributed by atoms with E-state index in [1.807, 2.05) is 0 Å². The topological polar surface area (TPSA) is 80.2 Å². The largest absolute Gasteiger partial charge is 0.493 e. The lowest BCUT2D eigenvalue weighted by molar-refractivity contribution is 0.0910. The van der Waals surface area contributed by atoms with E-state index >= 15 is 0 Å². The lowest BCUT2D eigenvalue weighted by Crippen LogP contribution is -2.25. The van der Waals surface area contributed by atoms with Gasteiger partial charge in [-0.05, 0) is 17.7 Å². The number of methoxy groups -OCH3 is 2. The molecular weight excluding hydrogens is 262 g/mol. The Labute approximate surface area is 119 Å². The first kappa shape index (κ1) is 16.7. The maximum Gasteiger partial charge on any atom is 0.161 e. The second kappa shape index (κ2) is 9.55. The molecule has 6 nitrogen and oxygen atoms in total. The highest BCUT2D eigenvalue weighted by molar-refractivity contribution is 5.43. The summed E-state index contributed by atoms with van der Waals surface area (Å²) in [6.07, 6.45) is -0.632. The van der Waals surface area contributed by atoms with E-state index in [0.29, 0.717) is 37.8 Å². The predicted octanol–water partition coefficient (Wildman–Crippen LogP) is 0.336. The summed E-state index contributed by atoms with van der Waals surface area (Å²) in [5, 5.41) is 21.7. The minimum absolute atomic E-state index is 0.0221. The van der Waals surface area contributed by atoms with Gasteiger partial charge in [-0.25, -0.2) is 0 Å². The molecule has 0 heterocycles. The summed E-state index contributed by atoms with van der Waals surface area (Å²) in [4.78, 5) is 0. The molecule has 114 valence electrons. The Morgan fingerprint density at radius 2 is 1.90 bits per heavy atom. The third kappa shape index (κ3) is 5.34. The fourth-order valence-electron chi connectivity index (χ4n) is 1.73. The van der Waals surface area contributed by atoms with Crippen LogP contribution in [0, 0.1) is 0 Å². The molecule has 20 heavy (non-hydrogen) atoms. The van der Waals surface area contributed by atoms with Crippen molar-refractivity contribution < 1.29 is 24.4 Å². The fraction of sp³-hybridized carbons (Fsp3) is 0.571. The normalized spacial score (nSPS) is 12.2. The Balaban J connectivity index is 2.41. The summed E-state index contributed by atoms with van der Waals surface area (Å²) < 4.78 is 15.5. The molecule has 0 saturated carbocycles. The zero-order valence-corrected chi connectivity index (χ0v) is 12.0. The summed E-state index contributed by atoms with van der Waals surface area (Å²) in [5.41, 5.74) is 0.756. The van der Waals surface area contributed by atoms with Crippen LogP contribution in [0.2, 0.25) is 0 Å². The van der Waals surface area contributed by atoms with Crippen molar-refractivity contribution in [2.24, 2.45) is 0 Å². The molecular formula is C14H23NO5. The van der Waals surface area contributed by atoms with Crippen LogP contribution < -0.4 is 14.8 Å². The number of aliphatic hydroxyl groups is 2. The summed E-state index contributed by atoms with van der Waals surface area (Å²) >= 11 is 0. The van der Waals surface area contributed by atoms with Gasteiger partial charge in [0.2, 0.25) is 0 Å². The number of hydrogen-bond acceptors (Lipinski definition) is 6. The van der Waals surface area contributed by atoms with E-state index in [1.54, 1.807) is 32.4 Å². The third-order valence-electron chi connectivity index (χ3n) is 2.79. The number of hydrogen-bond donors (Lipinski definition) is 3. The molecule has 1 aromatic rings. The molecule has 1 rings (SSSR count). The second-order valence-corrected chi connectivity index (χ2v) is 4.17. The standard InChI is InChI=1S/C14H23NO5/c1-18-13-4-3-11(9-14(13)19-2)12(17)10-15-5-7-20-8-6-16/h3-4,9,12,15-17H,5-8,10H2,1-2H3. The van der Waals surface area contributed by atoms with Crippen LogP contribution in [0.1, 0.15) is 11.7 Å². The highest BCUT2D eigenvalue weighted by atomic mass is 16.5. The smallest absolute Gasteiger partial charge is 0.161 e. The molecule has 0 aliphatic rings. The molecule has 0 spiro atoms. The van der Waals surface area contributed by atoms with Crippen LogP contribution in [-0.2, 0) is 4.74 Å². The number of aliphatic hydroxyl groups excluding tert-OH is 2. The molecule has 0 amide bonds. The van der Waals surface area contributed by atoms with Gasteiger partial charge < -0.3 is 29.7 Å². The van der Waals surface area contributed by atoms with Crippen LogP contribution in [0.25, 0.3) is 0 Å². The van der Waals surface area contributed by atoms with Gasteiger partial charge in [-0.2, -0.15) is 0 Å². The van der Waals surface area contributed by atoms with Gasteiger partial charge in [-0.1, -0.05) is 6.07 Å². The zero-order valence-electron chi connectivity index (χ0n) is 12.0. The molecule has 6 heteroatoms. The zero-order chi connectivity index (χ0) is 14.8. The van der Waals surface area contributed by atoms with E-state index in [1.165, 1.54) is 0 Å². The van der Waals surface area contributed by atoms with Crippen LogP contribution in [0.3, 0.4) is 0 Å². The number of rotatable bonds is 10. The van der Waals surface area contributed by atoms with Gasteiger partial charge in [0.1, 0.15) is 0 Å². The van der Waals surface area contributed by atoms with E-state index in [-0.39, 0.29) is 6.61 Å². The quantitative estimate of drug-likeness (QED) is 0.538. The van der Waals surface area contributed by atoms with E-state index in [4.69, 9.17) is 19.3 Å². The van der Waals surface area contributed by atoms with Crippen molar-refractivity contribution in [3.8, 4) is 11.5 Å². The molecule has 0 fully saturated rings. The number of benzene rings is 1. The third-order valence-corrected chi connectivity index (χ3v) is 2.79. The molecule has 0 bridgehead atoms. The number of nitrogens with one attached hydrogen (secondary N) is 1. The van der Waals surface area contributed by atoms with E-state index < -0.39 is 6.10 Å². The summed E-state index contributed by atoms with van der Waals surface area (Å²) in [6, 6.07) is 5.32. The Morgan fingerprint density at radius 1 is 1.15 bits per heavy atom. The van der Waals surface area contributed by atoms with Crippen molar-refractivity contribution in [1.29, 1.82) is 0 Å². The minimum atomic E-state index is -0.632. The summed E-state index contributed by atoms with van der Waals surface area (Å²) in [5.74, 6) is 1.23. The van der Waals surface area contributed by atoms with Gasteiger partial charge in [0.25, 0.3) is 0 Å². The molecule has 1 atom stereocenters. The van der Waals surface area contributed by atoms with Crippen molar-refractivity contribution >= 4 is 0 Å². The monoisotopic (exact) mass is 285 g/mol. The average molecular weight is 285 g/mol. The molecule has 0 saturated heterocycles. The van der Waals surface area contributed by atoms with Gasteiger partial charge in [-0.15, -0.1) is 0 Å². The lowest BCUT2D eigenvalue weighted by atomic mass is 10.1. The van der Waals surface area contributed by atoms with Gasteiger partial charge in [0.15, 0.2) is 11.5 Å². The molecule has 3 N–H and O–H groups in total. The van der Waals surface area contributed by atoms with Crippen molar-refractivity contribution in [3.05, 3.63) is 23.8 Å². The van der Waals surface area contributed by atoms with Crippen LogP contribution >= 0.6 is 0 Å². The van der Waals surface area contributed by atoms with Crippen LogP contribution in [0.4, 0.5) is 0 Å². The van der Waals surface area contributed by atoms with Crippen LogP contribution in [-0.4, -0.2) is 57.3 Å². The SMILES string of the molecule is COc1ccc(C(O)CNCCOCCO)cc1OC. The Hall–Kier alpha value is -1.34. The van der Waals surface area contributed by atoms with Crippen molar-refractivity contribution in [1.82, 2.24) is 5.32 Å². The van der Waals surface area contributed by atoms with Crippen LogP contribution in [0.15, 0.2) is 18.2 Å².